The Kier molecular flexibility index (Phi) is 4.57. The highest BCUT2D eigenvalue weighted by molar-refractivity contribution is 5.71. The van der Waals surface area contributed by atoms with E-state index in [1.54, 1.807) is 0 Å². The van der Waals surface area contributed by atoms with Crippen LogP contribution in [0.25, 0.3) is 0 Å². The molecular weight excluding hydrogens is 262 g/mol. The molecule has 4 heteroatoms. The molecule has 0 atom stereocenters. The minimum atomic E-state index is -0.427. The van der Waals surface area contributed by atoms with Gasteiger partial charge in [0.25, 0.3) is 0 Å². The summed E-state index contributed by atoms with van der Waals surface area (Å²) in [6.45, 7) is 2.91. The lowest BCUT2D eigenvalue weighted by molar-refractivity contribution is 0.0437. The van der Waals surface area contributed by atoms with Gasteiger partial charge in [-0.05, 0) is 50.8 Å². The predicted molar refractivity (Wildman–Crippen MR) is 86.0 cm³/mol. The highest BCUT2D eigenvalue weighted by Crippen LogP contribution is 2.47. The second-order valence-corrected chi connectivity index (χ2v) is 6.82. The second-order valence-electron chi connectivity index (χ2n) is 6.82. The number of hydrogen-bond donors (Lipinski definition) is 2. The minimum Gasteiger partial charge on any atom is -0.352 e. The molecule has 0 saturated heterocycles. The molecule has 1 aromatic rings. The molecule has 2 rings (SSSR count). The fourth-order valence-corrected chi connectivity index (χ4v) is 3.49. The van der Waals surface area contributed by atoms with E-state index >= 15 is 0 Å². The van der Waals surface area contributed by atoms with Crippen molar-refractivity contribution in [2.75, 3.05) is 20.6 Å². The van der Waals surface area contributed by atoms with E-state index in [4.69, 9.17) is 5.73 Å². The third-order valence-electron chi connectivity index (χ3n) is 5.14. The minimum absolute atomic E-state index is 0.105. The van der Waals surface area contributed by atoms with Crippen LogP contribution in [0.5, 0.6) is 0 Å². The van der Waals surface area contributed by atoms with Crippen molar-refractivity contribution in [3.63, 3.8) is 0 Å². The first kappa shape index (κ1) is 15.8. The van der Waals surface area contributed by atoms with Crippen molar-refractivity contribution in [3.8, 4) is 0 Å². The summed E-state index contributed by atoms with van der Waals surface area (Å²) in [5, 5.41) is 2.78. The number of amides is 2. The van der Waals surface area contributed by atoms with Gasteiger partial charge in [-0.15, -0.1) is 0 Å². The fraction of sp³-hybridized carbons (Fsp3) is 0.588. The molecule has 21 heavy (non-hydrogen) atoms. The first-order valence-corrected chi connectivity index (χ1v) is 7.64. The molecule has 4 nitrogen and oxygen atoms in total. The van der Waals surface area contributed by atoms with Crippen molar-refractivity contribution in [1.29, 1.82) is 0 Å². The molecule has 1 aliphatic carbocycles. The first-order valence-electron chi connectivity index (χ1n) is 7.64. The fourth-order valence-electron chi connectivity index (χ4n) is 3.49. The smallest absolute Gasteiger partial charge is 0.312 e. The average molecular weight is 289 g/mol. The van der Waals surface area contributed by atoms with Gasteiger partial charge in [-0.1, -0.05) is 37.3 Å². The molecule has 0 spiro atoms. The SMILES string of the molecule is CN(C)[C@]1(c2ccccc2)CC[C@@](C)(CNC(N)=O)CC1. The Morgan fingerprint density at radius 3 is 2.24 bits per heavy atom. The van der Waals surface area contributed by atoms with Crippen LogP contribution >= 0.6 is 0 Å². The van der Waals surface area contributed by atoms with Crippen molar-refractivity contribution < 1.29 is 4.79 Å². The third kappa shape index (κ3) is 3.38. The van der Waals surface area contributed by atoms with E-state index in [1.807, 2.05) is 0 Å². The average Bonchev–Trinajstić information content (AvgIpc) is 2.47. The molecule has 0 aromatic heterocycles. The van der Waals surface area contributed by atoms with Crippen molar-refractivity contribution in [1.82, 2.24) is 10.2 Å². The number of nitrogens with one attached hydrogen (secondary N) is 1. The zero-order valence-electron chi connectivity index (χ0n) is 13.4. The first-order chi connectivity index (χ1) is 9.88. The van der Waals surface area contributed by atoms with Crippen molar-refractivity contribution in [3.05, 3.63) is 35.9 Å². The molecule has 1 aromatic carbocycles. The quantitative estimate of drug-likeness (QED) is 0.895. The maximum absolute atomic E-state index is 10.9. The zero-order chi connectivity index (χ0) is 15.5. The van der Waals surface area contributed by atoms with Gasteiger partial charge in [0, 0.05) is 12.1 Å². The summed E-state index contributed by atoms with van der Waals surface area (Å²) in [6.07, 6.45) is 4.36. The highest BCUT2D eigenvalue weighted by atomic mass is 16.2. The zero-order valence-corrected chi connectivity index (χ0v) is 13.4. The van der Waals surface area contributed by atoms with Crippen LogP contribution < -0.4 is 11.1 Å². The van der Waals surface area contributed by atoms with Crippen molar-refractivity contribution in [2.45, 2.75) is 38.1 Å². The second kappa shape index (κ2) is 6.06. The summed E-state index contributed by atoms with van der Waals surface area (Å²) < 4.78 is 0. The highest BCUT2D eigenvalue weighted by Gasteiger charge is 2.42. The Balaban J connectivity index is 2.13. The van der Waals surface area contributed by atoms with E-state index in [-0.39, 0.29) is 11.0 Å². The molecule has 3 N–H and O–H groups in total. The van der Waals surface area contributed by atoms with Gasteiger partial charge >= 0.3 is 6.03 Å². The van der Waals surface area contributed by atoms with Crippen molar-refractivity contribution in [2.24, 2.45) is 11.1 Å². The summed E-state index contributed by atoms with van der Waals surface area (Å²) in [6, 6.07) is 10.3. The molecule has 0 bridgehead atoms. The number of carbonyl (C=O) groups excluding carboxylic acids is 1. The Labute approximate surface area is 127 Å². The third-order valence-corrected chi connectivity index (χ3v) is 5.14. The van der Waals surface area contributed by atoms with Gasteiger partial charge < -0.3 is 11.1 Å². The normalized spacial score (nSPS) is 29.3. The molecule has 0 aliphatic heterocycles. The maximum Gasteiger partial charge on any atom is 0.312 e. The predicted octanol–water partition coefficient (Wildman–Crippen LogP) is 2.69. The van der Waals surface area contributed by atoms with Crippen LogP contribution in [0.2, 0.25) is 0 Å². The van der Waals surface area contributed by atoms with Crippen LogP contribution in [0.1, 0.15) is 38.2 Å². The summed E-state index contributed by atoms with van der Waals surface area (Å²) in [5.41, 5.74) is 6.84. The Morgan fingerprint density at radius 1 is 1.19 bits per heavy atom. The molecule has 1 fully saturated rings. The molecular formula is C17H27N3O. The largest absolute Gasteiger partial charge is 0.352 e. The van der Waals surface area contributed by atoms with Crippen LogP contribution in [0, 0.1) is 5.41 Å². The Morgan fingerprint density at radius 2 is 1.76 bits per heavy atom. The summed E-state index contributed by atoms with van der Waals surface area (Å²) in [7, 11) is 4.33. The monoisotopic (exact) mass is 289 g/mol. The maximum atomic E-state index is 10.9. The summed E-state index contributed by atoms with van der Waals surface area (Å²) in [5.74, 6) is 0. The lowest BCUT2D eigenvalue weighted by atomic mass is 9.65. The van der Waals surface area contributed by atoms with E-state index in [0.717, 1.165) is 25.7 Å². The van der Waals surface area contributed by atoms with E-state index < -0.39 is 6.03 Å². The van der Waals surface area contributed by atoms with Crippen molar-refractivity contribution >= 4 is 6.03 Å². The Bertz CT molecular complexity index is 476. The number of nitrogens with zero attached hydrogens (tertiary/aromatic N) is 1. The van der Waals surface area contributed by atoms with Gasteiger partial charge in [0.15, 0.2) is 0 Å². The number of primary amides is 1. The molecule has 1 aliphatic rings. The number of nitrogens with two attached hydrogens (primary N) is 1. The van der Waals surface area contributed by atoms with E-state index in [9.17, 15) is 4.79 Å². The van der Waals surface area contributed by atoms with Gasteiger partial charge in [-0.2, -0.15) is 0 Å². The number of benzene rings is 1. The van der Waals surface area contributed by atoms with Crippen LogP contribution in [0.3, 0.4) is 0 Å². The van der Waals surface area contributed by atoms with Crippen LogP contribution in [-0.4, -0.2) is 31.6 Å². The van der Waals surface area contributed by atoms with E-state index in [1.165, 1.54) is 5.56 Å². The van der Waals surface area contributed by atoms with Crippen LogP contribution in [0.4, 0.5) is 4.79 Å². The van der Waals surface area contributed by atoms with E-state index in [0.29, 0.717) is 6.54 Å². The molecule has 116 valence electrons. The lowest BCUT2D eigenvalue weighted by Crippen LogP contribution is -2.49. The number of rotatable bonds is 4. The van der Waals surface area contributed by atoms with Gasteiger partial charge in [-0.25, -0.2) is 4.79 Å². The number of carbonyl (C=O) groups is 1. The van der Waals surface area contributed by atoms with Gasteiger partial charge in [0.1, 0.15) is 0 Å². The Hall–Kier alpha value is -1.55. The molecule has 0 radical (unpaired) electrons. The molecule has 2 amide bonds. The summed E-state index contributed by atoms with van der Waals surface area (Å²) in [4.78, 5) is 13.3. The van der Waals surface area contributed by atoms with Gasteiger partial charge in [0.2, 0.25) is 0 Å². The molecule has 1 saturated carbocycles. The van der Waals surface area contributed by atoms with E-state index in [2.05, 4.69) is 61.6 Å². The number of urea groups is 1. The molecule has 0 heterocycles. The lowest BCUT2D eigenvalue weighted by Gasteiger charge is -2.49. The topological polar surface area (TPSA) is 58.4 Å². The number of hydrogen-bond acceptors (Lipinski definition) is 2. The summed E-state index contributed by atoms with van der Waals surface area (Å²) >= 11 is 0. The van der Waals surface area contributed by atoms with Crippen LogP contribution in [-0.2, 0) is 5.54 Å². The van der Waals surface area contributed by atoms with Crippen LogP contribution in [0.15, 0.2) is 30.3 Å². The van der Waals surface area contributed by atoms with Gasteiger partial charge in [0.05, 0.1) is 0 Å². The molecule has 0 unspecified atom stereocenters. The standard InChI is InChI=1S/C17H27N3O/c1-16(13-19-15(18)21)9-11-17(12-10-16,20(2)3)14-7-5-4-6-8-14/h4-8H,9-13H2,1-3H3,(H3,18,19,21)/t16-,17-. The van der Waals surface area contributed by atoms with Gasteiger partial charge in [-0.3, -0.25) is 4.90 Å².